The third-order valence-corrected chi connectivity index (χ3v) is 2.24. The van der Waals surface area contributed by atoms with E-state index in [1.807, 2.05) is 44.4 Å². The molecule has 2 N–H and O–H groups in total. The Bertz CT molecular complexity index is 457. The maximum atomic E-state index is 5.69. The van der Waals surface area contributed by atoms with Gasteiger partial charge in [-0.1, -0.05) is 6.07 Å². The third kappa shape index (κ3) is 1.48. The summed E-state index contributed by atoms with van der Waals surface area (Å²) in [4.78, 5) is 0. The second-order valence-electron chi connectivity index (χ2n) is 3.45. The number of hydrogen-bond donors (Lipinski definition) is 1. The Labute approximate surface area is 83.2 Å². The fourth-order valence-electron chi connectivity index (χ4n) is 1.53. The molecule has 14 heavy (non-hydrogen) atoms. The van der Waals surface area contributed by atoms with E-state index in [9.17, 15) is 0 Å². The van der Waals surface area contributed by atoms with Crippen molar-refractivity contribution in [2.24, 2.45) is 7.05 Å². The molecule has 0 spiro atoms. The number of nitrogens with zero attached hydrogens (tertiary/aromatic N) is 2. The maximum absolute atomic E-state index is 5.69. The Morgan fingerprint density at radius 3 is 2.64 bits per heavy atom. The molecule has 72 valence electrons. The van der Waals surface area contributed by atoms with Gasteiger partial charge < -0.3 is 5.73 Å². The van der Waals surface area contributed by atoms with Gasteiger partial charge in [-0.15, -0.1) is 0 Å². The van der Waals surface area contributed by atoms with Gasteiger partial charge in [-0.2, -0.15) is 5.10 Å². The predicted octanol–water partition coefficient (Wildman–Crippen LogP) is 1.98. The first kappa shape index (κ1) is 8.81. The zero-order valence-corrected chi connectivity index (χ0v) is 8.36. The molecule has 0 fully saturated rings. The normalized spacial score (nSPS) is 10.4. The summed E-state index contributed by atoms with van der Waals surface area (Å²) in [6, 6.07) is 7.87. The molecule has 3 nitrogen and oxygen atoms in total. The molecule has 0 aliphatic rings. The summed E-state index contributed by atoms with van der Waals surface area (Å²) in [7, 11) is 1.91. The molecule has 0 bridgehead atoms. The average molecular weight is 187 g/mol. The molecule has 0 saturated heterocycles. The van der Waals surface area contributed by atoms with Crippen molar-refractivity contribution in [3.05, 3.63) is 36.0 Å². The second-order valence-corrected chi connectivity index (χ2v) is 3.45. The van der Waals surface area contributed by atoms with Gasteiger partial charge in [0.1, 0.15) is 0 Å². The highest BCUT2D eigenvalue weighted by Gasteiger charge is 2.04. The summed E-state index contributed by atoms with van der Waals surface area (Å²) in [5.74, 6) is 0. The van der Waals surface area contributed by atoms with Crippen LogP contribution >= 0.6 is 0 Å². The minimum absolute atomic E-state index is 0.794. The molecule has 0 saturated carbocycles. The van der Waals surface area contributed by atoms with Crippen molar-refractivity contribution in [1.29, 1.82) is 0 Å². The molecule has 1 heterocycles. The standard InChI is InChI=1S/C11H13N3/c1-8-7-9(12)3-4-10(8)11-5-6-14(2)13-11/h3-7H,12H2,1-2H3. The van der Waals surface area contributed by atoms with Gasteiger partial charge in [0.15, 0.2) is 0 Å². The van der Waals surface area contributed by atoms with Gasteiger partial charge >= 0.3 is 0 Å². The van der Waals surface area contributed by atoms with Crippen molar-refractivity contribution >= 4 is 5.69 Å². The first-order chi connectivity index (χ1) is 6.66. The van der Waals surface area contributed by atoms with Crippen molar-refractivity contribution < 1.29 is 0 Å². The lowest BCUT2D eigenvalue weighted by Gasteiger charge is -2.03. The number of benzene rings is 1. The fourth-order valence-corrected chi connectivity index (χ4v) is 1.53. The van der Waals surface area contributed by atoms with E-state index >= 15 is 0 Å². The Morgan fingerprint density at radius 1 is 1.29 bits per heavy atom. The van der Waals surface area contributed by atoms with Crippen molar-refractivity contribution in [3.8, 4) is 11.3 Å². The van der Waals surface area contributed by atoms with E-state index in [-0.39, 0.29) is 0 Å². The maximum Gasteiger partial charge on any atom is 0.0925 e. The molecule has 2 rings (SSSR count). The zero-order valence-electron chi connectivity index (χ0n) is 8.36. The van der Waals surface area contributed by atoms with Crippen LogP contribution in [0.2, 0.25) is 0 Å². The molecule has 0 amide bonds. The van der Waals surface area contributed by atoms with Gasteiger partial charge in [0.05, 0.1) is 5.69 Å². The molecule has 3 heteroatoms. The third-order valence-electron chi connectivity index (χ3n) is 2.24. The highest BCUT2D eigenvalue weighted by molar-refractivity contribution is 5.66. The van der Waals surface area contributed by atoms with E-state index in [1.54, 1.807) is 4.68 Å². The van der Waals surface area contributed by atoms with Crippen molar-refractivity contribution in [3.63, 3.8) is 0 Å². The van der Waals surface area contributed by atoms with Crippen LogP contribution in [0.5, 0.6) is 0 Å². The van der Waals surface area contributed by atoms with E-state index in [1.165, 1.54) is 0 Å². The monoisotopic (exact) mass is 187 g/mol. The quantitative estimate of drug-likeness (QED) is 0.694. The Kier molecular flexibility index (Phi) is 2.00. The topological polar surface area (TPSA) is 43.8 Å². The van der Waals surface area contributed by atoms with Gasteiger partial charge in [0.25, 0.3) is 0 Å². The smallest absolute Gasteiger partial charge is 0.0925 e. The van der Waals surface area contributed by atoms with E-state index in [2.05, 4.69) is 5.10 Å². The second kappa shape index (κ2) is 3.18. The summed E-state index contributed by atoms with van der Waals surface area (Å²) in [5, 5.41) is 4.35. The number of nitrogens with two attached hydrogens (primary N) is 1. The van der Waals surface area contributed by atoms with Crippen LogP contribution in [0.4, 0.5) is 5.69 Å². The van der Waals surface area contributed by atoms with Crippen LogP contribution in [0, 0.1) is 6.92 Å². The molecule has 1 aromatic carbocycles. The van der Waals surface area contributed by atoms with Gasteiger partial charge in [0, 0.05) is 24.5 Å². The number of anilines is 1. The highest BCUT2D eigenvalue weighted by atomic mass is 15.2. The van der Waals surface area contributed by atoms with Gasteiger partial charge in [-0.3, -0.25) is 4.68 Å². The van der Waals surface area contributed by atoms with Gasteiger partial charge in [-0.05, 0) is 30.7 Å². The molecule has 0 atom stereocenters. The lowest BCUT2D eigenvalue weighted by molar-refractivity contribution is 0.771. The van der Waals surface area contributed by atoms with Crippen LogP contribution in [0.15, 0.2) is 30.5 Å². The van der Waals surface area contributed by atoms with Gasteiger partial charge in [0.2, 0.25) is 0 Å². The predicted molar refractivity (Wildman–Crippen MR) is 57.8 cm³/mol. The Balaban J connectivity index is 2.52. The van der Waals surface area contributed by atoms with Crippen molar-refractivity contribution in [1.82, 2.24) is 9.78 Å². The van der Waals surface area contributed by atoms with Crippen LogP contribution in [-0.4, -0.2) is 9.78 Å². The van der Waals surface area contributed by atoms with E-state index in [0.717, 1.165) is 22.5 Å². The summed E-state index contributed by atoms with van der Waals surface area (Å²) in [6.45, 7) is 2.04. The van der Waals surface area contributed by atoms with E-state index in [0.29, 0.717) is 0 Å². The average Bonchev–Trinajstić information content (AvgIpc) is 2.51. The molecular weight excluding hydrogens is 174 g/mol. The fraction of sp³-hybridized carbons (Fsp3) is 0.182. The molecule has 0 aliphatic carbocycles. The summed E-state index contributed by atoms with van der Waals surface area (Å²) >= 11 is 0. The van der Waals surface area contributed by atoms with Crippen LogP contribution < -0.4 is 5.73 Å². The van der Waals surface area contributed by atoms with E-state index in [4.69, 9.17) is 5.73 Å². The number of aromatic nitrogens is 2. The molecular formula is C11H13N3. The molecule has 0 aliphatic heterocycles. The van der Waals surface area contributed by atoms with Gasteiger partial charge in [-0.25, -0.2) is 0 Å². The van der Waals surface area contributed by atoms with Crippen LogP contribution in [-0.2, 0) is 7.05 Å². The number of aryl methyl sites for hydroxylation is 2. The molecule has 0 radical (unpaired) electrons. The van der Waals surface area contributed by atoms with Crippen molar-refractivity contribution in [2.75, 3.05) is 5.73 Å². The Morgan fingerprint density at radius 2 is 2.07 bits per heavy atom. The summed E-state index contributed by atoms with van der Waals surface area (Å²) in [5.41, 5.74) is 9.76. The first-order valence-corrected chi connectivity index (χ1v) is 4.53. The van der Waals surface area contributed by atoms with Crippen LogP contribution in [0.3, 0.4) is 0 Å². The molecule has 2 aromatic rings. The summed E-state index contributed by atoms with van der Waals surface area (Å²) in [6.07, 6.45) is 1.94. The number of rotatable bonds is 1. The number of nitrogen functional groups attached to an aromatic ring is 1. The van der Waals surface area contributed by atoms with E-state index < -0.39 is 0 Å². The van der Waals surface area contributed by atoms with Crippen LogP contribution in [0.1, 0.15) is 5.56 Å². The molecule has 1 aromatic heterocycles. The first-order valence-electron chi connectivity index (χ1n) is 4.53. The van der Waals surface area contributed by atoms with Crippen molar-refractivity contribution in [2.45, 2.75) is 6.92 Å². The van der Waals surface area contributed by atoms with Crippen LogP contribution in [0.25, 0.3) is 11.3 Å². The largest absolute Gasteiger partial charge is 0.399 e. The minimum atomic E-state index is 0.794. The Hall–Kier alpha value is -1.77. The zero-order chi connectivity index (χ0) is 10.1. The molecule has 0 unspecified atom stereocenters. The lowest BCUT2D eigenvalue weighted by atomic mass is 10.1. The number of hydrogen-bond acceptors (Lipinski definition) is 2. The lowest BCUT2D eigenvalue weighted by Crippen LogP contribution is -1.91. The SMILES string of the molecule is Cc1cc(N)ccc1-c1ccn(C)n1. The highest BCUT2D eigenvalue weighted by Crippen LogP contribution is 2.22. The minimum Gasteiger partial charge on any atom is -0.399 e. The summed E-state index contributed by atoms with van der Waals surface area (Å²) < 4.78 is 1.80.